The van der Waals surface area contributed by atoms with Gasteiger partial charge in [-0.15, -0.1) is 0 Å². The van der Waals surface area contributed by atoms with E-state index in [1.54, 1.807) is 27.7 Å². The summed E-state index contributed by atoms with van der Waals surface area (Å²) in [4.78, 5) is 21.4. The molecule has 1 amide bonds. The van der Waals surface area contributed by atoms with Gasteiger partial charge in [-0.3, -0.25) is 10.1 Å². The number of carbonyl (C=O) groups is 1. The number of benzene rings is 1. The summed E-state index contributed by atoms with van der Waals surface area (Å²) in [6.45, 7) is 6.91. The zero-order chi connectivity index (χ0) is 19.3. The predicted molar refractivity (Wildman–Crippen MR) is 91.7 cm³/mol. The maximum atomic E-state index is 12.2. The fourth-order valence-corrected chi connectivity index (χ4v) is 3.12. The topological polar surface area (TPSA) is 128 Å². The largest absolute Gasteiger partial charge is 0.444 e. The maximum Gasteiger partial charge on any atom is 0.407 e. The number of hydrogen-bond acceptors (Lipinski definition) is 6. The minimum Gasteiger partial charge on any atom is -0.444 e. The van der Waals surface area contributed by atoms with Crippen molar-refractivity contribution >= 4 is 21.8 Å². The Morgan fingerprint density at radius 3 is 2.48 bits per heavy atom. The van der Waals surface area contributed by atoms with Crippen molar-refractivity contribution in [1.29, 1.82) is 0 Å². The molecule has 0 radical (unpaired) electrons. The standard InChI is InChI=1S/C15H23N3O6S/c1-11(17-14(19)24-15(2,3)4)9-10-16-25(22,23)13-8-6-5-7-12(13)18(20)21/h5-8,11,16H,9-10H2,1-4H3,(H,17,19). The molecule has 0 saturated carbocycles. The van der Waals surface area contributed by atoms with Gasteiger partial charge in [-0.1, -0.05) is 12.1 Å². The Morgan fingerprint density at radius 1 is 1.32 bits per heavy atom. The number of alkyl carbamates (subject to hydrolysis) is 1. The molecule has 1 rings (SSSR count). The van der Waals surface area contributed by atoms with E-state index in [-0.39, 0.29) is 12.6 Å². The van der Waals surface area contributed by atoms with Crippen molar-refractivity contribution < 1.29 is 22.9 Å². The maximum absolute atomic E-state index is 12.2. The predicted octanol–water partition coefficient (Wildman–Crippen LogP) is 2.18. The van der Waals surface area contributed by atoms with Crippen molar-refractivity contribution in [3.63, 3.8) is 0 Å². The molecule has 0 aliphatic rings. The molecular formula is C15H23N3O6S. The second kappa shape index (κ2) is 8.26. The summed E-state index contributed by atoms with van der Waals surface area (Å²) in [6, 6.07) is 4.76. The lowest BCUT2D eigenvalue weighted by molar-refractivity contribution is -0.387. The summed E-state index contributed by atoms with van der Waals surface area (Å²) >= 11 is 0. The Hall–Kier alpha value is -2.20. The summed E-state index contributed by atoms with van der Waals surface area (Å²) in [6.07, 6.45) is -0.305. The second-order valence-electron chi connectivity index (χ2n) is 6.46. The highest BCUT2D eigenvalue weighted by atomic mass is 32.2. The highest BCUT2D eigenvalue weighted by molar-refractivity contribution is 7.89. The van der Waals surface area contributed by atoms with E-state index in [1.807, 2.05) is 0 Å². The van der Waals surface area contributed by atoms with Crippen LogP contribution < -0.4 is 10.0 Å². The van der Waals surface area contributed by atoms with Gasteiger partial charge in [0.25, 0.3) is 5.69 Å². The van der Waals surface area contributed by atoms with E-state index in [2.05, 4.69) is 10.0 Å². The Morgan fingerprint density at radius 2 is 1.92 bits per heavy atom. The number of nitrogens with one attached hydrogen (secondary N) is 2. The highest BCUT2D eigenvalue weighted by Gasteiger charge is 2.25. The molecule has 25 heavy (non-hydrogen) atoms. The molecule has 0 saturated heterocycles. The molecule has 0 aliphatic carbocycles. The van der Waals surface area contributed by atoms with Gasteiger partial charge in [0.1, 0.15) is 5.60 Å². The molecule has 10 heteroatoms. The smallest absolute Gasteiger partial charge is 0.407 e. The van der Waals surface area contributed by atoms with E-state index in [0.29, 0.717) is 6.42 Å². The Labute approximate surface area is 147 Å². The Balaban J connectivity index is 2.61. The SMILES string of the molecule is CC(CCNS(=O)(=O)c1ccccc1[N+](=O)[O-])NC(=O)OC(C)(C)C. The van der Waals surface area contributed by atoms with Gasteiger partial charge in [0.15, 0.2) is 4.90 Å². The Kier molecular flexibility index (Phi) is 6.88. The van der Waals surface area contributed by atoms with Gasteiger partial charge in [-0.05, 0) is 40.2 Å². The molecule has 9 nitrogen and oxygen atoms in total. The number of nitrogens with zero attached hydrogens (tertiary/aromatic N) is 1. The zero-order valence-corrected chi connectivity index (χ0v) is 15.4. The molecule has 2 N–H and O–H groups in total. The number of para-hydroxylation sites is 1. The van der Waals surface area contributed by atoms with E-state index in [1.165, 1.54) is 18.2 Å². The van der Waals surface area contributed by atoms with Gasteiger partial charge < -0.3 is 10.1 Å². The zero-order valence-electron chi connectivity index (χ0n) is 14.6. The number of nitro benzene ring substituents is 1. The molecule has 0 aliphatic heterocycles. The normalized spacial score (nSPS) is 13.1. The molecule has 0 heterocycles. The first-order chi connectivity index (χ1) is 11.4. The van der Waals surface area contributed by atoms with E-state index < -0.39 is 37.2 Å². The van der Waals surface area contributed by atoms with Crippen LogP contribution in [-0.4, -0.2) is 37.6 Å². The van der Waals surface area contributed by atoms with Crippen LogP contribution in [0.3, 0.4) is 0 Å². The molecule has 1 atom stereocenters. The second-order valence-corrected chi connectivity index (χ2v) is 8.19. The molecule has 0 fully saturated rings. The van der Waals surface area contributed by atoms with Gasteiger partial charge in [-0.25, -0.2) is 17.9 Å². The third-order valence-electron chi connectivity index (χ3n) is 2.98. The first-order valence-corrected chi connectivity index (χ1v) is 9.13. The van der Waals surface area contributed by atoms with Crippen molar-refractivity contribution in [3.8, 4) is 0 Å². The van der Waals surface area contributed by atoms with Crippen LogP contribution in [0.4, 0.5) is 10.5 Å². The molecule has 1 aromatic rings. The van der Waals surface area contributed by atoms with E-state index >= 15 is 0 Å². The number of nitro groups is 1. The van der Waals surface area contributed by atoms with Crippen molar-refractivity contribution in [3.05, 3.63) is 34.4 Å². The van der Waals surface area contributed by atoms with Crippen LogP contribution in [-0.2, 0) is 14.8 Å². The van der Waals surface area contributed by atoms with E-state index in [9.17, 15) is 23.3 Å². The van der Waals surface area contributed by atoms with Crippen molar-refractivity contribution in [1.82, 2.24) is 10.0 Å². The van der Waals surface area contributed by atoms with Crippen LogP contribution in [0.1, 0.15) is 34.1 Å². The van der Waals surface area contributed by atoms with Crippen molar-refractivity contribution in [2.45, 2.75) is 50.7 Å². The molecular weight excluding hydrogens is 350 g/mol. The van der Waals surface area contributed by atoms with E-state index in [4.69, 9.17) is 4.74 Å². The number of hydrogen-bond donors (Lipinski definition) is 2. The summed E-state index contributed by atoms with van der Waals surface area (Å²) in [5.41, 5.74) is -1.12. The molecule has 0 spiro atoms. The average Bonchev–Trinajstić information content (AvgIpc) is 2.44. The van der Waals surface area contributed by atoms with Gasteiger partial charge in [0.05, 0.1) is 4.92 Å². The summed E-state index contributed by atoms with van der Waals surface area (Å²) < 4.78 is 31.8. The third-order valence-corrected chi connectivity index (χ3v) is 4.49. The van der Waals surface area contributed by atoms with Crippen LogP contribution in [0, 0.1) is 10.1 Å². The number of carbonyl (C=O) groups excluding carboxylic acids is 1. The van der Waals surface area contributed by atoms with Crippen LogP contribution in [0.25, 0.3) is 0 Å². The first-order valence-electron chi connectivity index (χ1n) is 7.65. The molecule has 1 unspecified atom stereocenters. The summed E-state index contributed by atoms with van der Waals surface area (Å²) in [7, 11) is -4.02. The van der Waals surface area contributed by atoms with Crippen LogP contribution in [0.5, 0.6) is 0 Å². The van der Waals surface area contributed by atoms with Crippen molar-refractivity contribution in [2.75, 3.05) is 6.54 Å². The van der Waals surface area contributed by atoms with Crippen LogP contribution >= 0.6 is 0 Å². The highest BCUT2D eigenvalue weighted by Crippen LogP contribution is 2.22. The fourth-order valence-electron chi connectivity index (χ4n) is 1.90. The van der Waals surface area contributed by atoms with Crippen LogP contribution in [0.2, 0.25) is 0 Å². The third kappa shape index (κ3) is 7.06. The Bertz CT molecular complexity index is 727. The lowest BCUT2D eigenvalue weighted by Crippen LogP contribution is -2.39. The fraction of sp³-hybridized carbons (Fsp3) is 0.533. The number of amides is 1. The van der Waals surface area contributed by atoms with Gasteiger partial charge >= 0.3 is 6.09 Å². The summed E-state index contributed by atoms with van der Waals surface area (Å²) in [5.74, 6) is 0. The van der Waals surface area contributed by atoms with Crippen LogP contribution in [0.15, 0.2) is 29.2 Å². The lowest BCUT2D eigenvalue weighted by atomic mass is 10.2. The van der Waals surface area contributed by atoms with Gasteiger partial charge in [0, 0.05) is 18.7 Å². The lowest BCUT2D eigenvalue weighted by Gasteiger charge is -2.22. The minimum absolute atomic E-state index is 0.00530. The average molecular weight is 373 g/mol. The summed E-state index contributed by atoms with van der Waals surface area (Å²) in [5, 5.41) is 13.5. The molecule has 1 aromatic carbocycles. The molecule has 0 bridgehead atoms. The number of ether oxygens (including phenoxy) is 1. The molecule has 0 aromatic heterocycles. The van der Waals surface area contributed by atoms with Gasteiger partial charge in [-0.2, -0.15) is 0 Å². The van der Waals surface area contributed by atoms with Crippen molar-refractivity contribution in [2.24, 2.45) is 0 Å². The van der Waals surface area contributed by atoms with E-state index in [0.717, 1.165) is 6.07 Å². The van der Waals surface area contributed by atoms with Gasteiger partial charge in [0.2, 0.25) is 10.0 Å². The number of rotatable bonds is 7. The minimum atomic E-state index is -4.02. The molecule has 140 valence electrons. The monoisotopic (exact) mass is 373 g/mol. The number of sulfonamides is 1. The quantitative estimate of drug-likeness (QED) is 0.557. The first kappa shape index (κ1) is 20.8.